The minimum Gasteiger partial charge on any atom is -0.748 e. The van der Waals surface area contributed by atoms with Crippen molar-refractivity contribution >= 4 is 33.7 Å². The van der Waals surface area contributed by atoms with Crippen molar-refractivity contribution in [3.05, 3.63) is 59.7 Å². The van der Waals surface area contributed by atoms with Gasteiger partial charge >= 0.3 is 0 Å². The van der Waals surface area contributed by atoms with E-state index in [1.54, 1.807) is 6.07 Å². The van der Waals surface area contributed by atoms with Gasteiger partial charge < -0.3 is 35.1 Å². The van der Waals surface area contributed by atoms with Crippen LogP contribution in [0.2, 0.25) is 0 Å². The Balaban J connectivity index is 0.000000360. The number of halogens is 2. The third kappa shape index (κ3) is 5.33. The summed E-state index contributed by atoms with van der Waals surface area (Å²) in [6.45, 7) is 0. The molecule has 0 aliphatic heterocycles. The molecular formula is C12H8Cl2FeO2-6. The van der Waals surface area contributed by atoms with Gasteiger partial charge in [-0.2, -0.15) is 12.1 Å². The minimum absolute atomic E-state index is 0. The van der Waals surface area contributed by atoms with Crippen molar-refractivity contribution in [3.63, 3.8) is 0 Å². The number of carbonyl (C=O) groups is 2. The topological polar surface area (TPSA) is 34.1 Å². The second-order valence-corrected chi connectivity index (χ2v) is 3.55. The maximum absolute atomic E-state index is 10.6. The van der Waals surface area contributed by atoms with Crippen molar-refractivity contribution in [1.82, 2.24) is 0 Å². The van der Waals surface area contributed by atoms with Crippen molar-refractivity contribution in [2.45, 2.75) is 0 Å². The number of hydrogen-bond donors (Lipinski definition) is 0. The molecule has 0 radical (unpaired) electrons. The maximum atomic E-state index is 10.6. The van der Waals surface area contributed by atoms with Gasteiger partial charge in [0, 0.05) is 17.1 Å². The summed E-state index contributed by atoms with van der Waals surface area (Å²) in [5.74, 6) is 0. The molecule has 0 unspecified atom stereocenters. The molecule has 0 aliphatic carbocycles. The summed E-state index contributed by atoms with van der Waals surface area (Å²) in [6, 6.07) is 14.4. The van der Waals surface area contributed by atoms with Gasteiger partial charge in [0.05, 0.1) is 0 Å². The largest absolute Gasteiger partial charge is 0.748 e. The van der Waals surface area contributed by atoms with Gasteiger partial charge in [0.2, 0.25) is 5.24 Å². The number of carbonyl (C=O) groups excluding carboxylic acids is 2. The molecule has 0 N–H and O–H groups in total. The summed E-state index contributed by atoms with van der Waals surface area (Å²) >= 11 is 10.3. The molecule has 2 rings (SSSR count). The molecule has 0 fully saturated rings. The van der Waals surface area contributed by atoms with E-state index in [4.69, 9.17) is 23.2 Å². The molecule has 0 aliphatic rings. The molecule has 2 aromatic carbocycles. The van der Waals surface area contributed by atoms with Gasteiger partial charge in [0.1, 0.15) is 0 Å². The average Bonchev–Trinajstić information content (AvgIpc) is 2.92. The van der Waals surface area contributed by atoms with Gasteiger partial charge in [-0.1, -0.05) is 5.56 Å². The third-order valence-electron chi connectivity index (χ3n) is 1.80. The Kier molecular flexibility index (Phi) is 7.84. The molecule has 0 saturated carbocycles. The van der Waals surface area contributed by atoms with Crippen LogP contribution >= 0.6 is 23.2 Å². The van der Waals surface area contributed by atoms with Crippen molar-refractivity contribution < 1.29 is 26.7 Å². The minimum atomic E-state index is -0.668. The summed E-state index contributed by atoms with van der Waals surface area (Å²) in [6.07, 6.45) is 0. The molecule has 2 aromatic rings. The Bertz CT molecular complexity index is 415. The van der Waals surface area contributed by atoms with Crippen molar-refractivity contribution in [2.75, 3.05) is 0 Å². The molecule has 0 atom stereocenters. The fourth-order valence-corrected chi connectivity index (χ4v) is 1.41. The standard InChI is InChI=1S/C7H3Cl2O2.C5H5.Fe/c8-6(10)4-2-1-3-5(4)7(9)11;1-2-4-5-3-1;/h1-3H;1-5H;/q-1;-5;. The van der Waals surface area contributed by atoms with E-state index in [1.807, 2.05) is 30.3 Å². The van der Waals surface area contributed by atoms with Gasteiger partial charge in [-0.25, -0.2) is 0 Å². The van der Waals surface area contributed by atoms with E-state index in [-0.39, 0.29) is 28.2 Å². The molecule has 0 saturated heterocycles. The summed E-state index contributed by atoms with van der Waals surface area (Å²) in [5.41, 5.74) is 0.318. The molecule has 0 heterocycles. The molecule has 5 heteroatoms. The van der Waals surface area contributed by atoms with E-state index in [1.165, 1.54) is 12.1 Å². The first-order chi connectivity index (χ1) is 7.63. The summed E-state index contributed by atoms with van der Waals surface area (Å²) in [5, 5.41) is -1.34. The van der Waals surface area contributed by atoms with Crippen LogP contribution in [0.5, 0.6) is 0 Å². The summed E-state index contributed by atoms with van der Waals surface area (Å²) < 4.78 is 0. The fourth-order valence-electron chi connectivity index (χ4n) is 1.08. The van der Waals surface area contributed by atoms with E-state index in [0.29, 0.717) is 0 Å². The normalized spacial score (nSPS) is 8.59. The Morgan fingerprint density at radius 2 is 1.53 bits per heavy atom. The zero-order chi connectivity index (χ0) is 12.0. The van der Waals surface area contributed by atoms with Crippen LogP contribution in [0.1, 0.15) is 20.7 Å². The average molecular weight is 311 g/mol. The maximum Gasteiger partial charge on any atom is 0.211 e. The van der Waals surface area contributed by atoms with Crippen LogP contribution in [0.3, 0.4) is 0 Å². The van der Waals surface area contributed by atoms with Crippen LogP contribution in [0.15, 0.2) is 48.5 Å². The van der Waals surface area contributed by atoms with Crippen LogP contribution in [-0.4, -0.2) is 10.5 Å². The van der Waals surface area contributed by atoms with E-state index in [2.05, 4.69) is 0 Å². The van der Waals surface area contributed by atoms with E-state index < -0.39 is 10.5 Å². The van der Waals surface area contributed by atoms with Crippen LogP contribution in [0, 0.1) is 0 Å². The smallest absolute Gasteiger partial charge is 0.211 e. The van der Waals surface area contributed by atoms with Crippen LogP contribution in [-0.2, 0) is 17.1 Å². The first kappa shape index (κ1) is 16.1. The Morgan fingerprint density at radius 3 is 1.82 bits per heavy atom. The van der Waals surface area contributed by atoms with Crippen LogP contribution < -0.4 is 0 Å². The van der Waals surface area contributed by atoms with Crippen molar-refractivity contribution in [2.24, 2.45) is 0 Å². The molecule has 2 nitrogen and oxygen atoms in total. The van der Waals surface area contributed by atoms with E-state index in [9.17, 15) is 9.59 Å². The number of rotatable bonds is 2. The van der Waals surface area contributed by atoms with Gasteiger partial charge in [-0.15, -0.1) is 17.7 Å². The van der Waals surface area contributed by atoms with Crippen molar-refractivity contribution in [3.8, 4) is 0 Å². The Morgan fingerprint density at radius 1 is 1.06 bits per heavy atom. The molecule has 0 bridgehead atoms. The quantitative estimate of drug-likeness (QED) is 0.483. The SMILES string of the molecule is O=C(Cl)c1ccc[c-]1C(=O)Cl.[Fe].[cH-]1[cH-][cH-][cH-][cH-]1. The molecule has 0 aromatic heterocycles. The Labute approximate surface area is 120 Å². The second-order valence-electron chi connectivity index (χ2n) is 2.86. The molecule has 0 amide bonds. The zero-order valence-electron chi connectivity index (χ0n) is 8.54. The van der Waals surface area contributed by atoms with E-state index in [0.717, 1.165) is 0 Å². The molecule has 17 heavy (non-hydrogen) atoms. The van der Waals surface area contributed by atoms with Gasteiger partial charge in [0.25, 0.3) is 0 Å². The number of hydrogen-bond acceptors (Lipinski definition) is 2. The van der Waals surface area contributed by atoms with E-state index >= 15 is 0 Å². The zero-order valence-corrected chi connectivity index (χ0v) is 11.2. The third-order valence-corrected chi connectivity index (χ3v) is 2.20. The van der Waals surface area contributed by atoms with Crippen molar-refractivity contribution in [1.29, 1.82) is 0 Å². The van der Waals surface area contributed by atoms with Crippen LogP contribution in [0.25, 0.3) is 0 Å². The monoisotopic (exact) mass is 310 g/mol. The molecular weight excluding hydrogens is 303 g/mol. The Hall–Kier alpha value is -0.861. The van der Waals surface area contributed by atoms with Gasteiger partial charge in [0.15, 0.2) is 5.24 Å². The molecule has 96 valence electrons. The second kappa shape index (κ2) is 8.26. The molecule has 0 spiro atoms. The van der Waals surface area contributed by atoms with Gasteiger partial charge in [-0.3, -0.25) is 4.79 Å². The van der Waals surface area contributed by atoms with Crippen LogP contribution in [0.4, 0.5) is 0 Å². The fraction of sp³-hybridized carbons (Fsp3) is 0. The van der Waals surface area contributed by atoms with Gasteiger partial charge in [-0.05, 0) is 17.2 Å². The first-order valence-corrected chi connectivity index (χ1v) is 5.20. The predicted octanol–water partition coefficient (Wildman–Crippen LogP) is 3.57. The predicted molar refractivity (Wildman–Crippen MR) is 64.4 cm³/mol. The first-order valence-electron chi connectivity index (χ1n) is 4.45. The summed E-state index contributed by atoms with van der Waals surface area (Å²) in [7, 11) is 0. The summed E-state index contributed by atoms with van der Waals surface area (Å²) in [4.78, 5) is 21.2.